The maximum Gasteiger partial charge on any atom is 0.143 e. The number of nitrogens with zero attached hydrogens (tertiary/aromatic N) is 2. The highest BCUT2D eigenvalue weighted by Crippen LogP contribution is 2.26. The van der Waals surface area contributed by atoms with E-state index in [2.05, 4.69) is 26.2 Å². The lowest BCUT2D eigenvalue weighted by Gasteiger charge is -2.17. The summed E-state index contributed by atoms with van der Waals surface area (Å²) in [6, 6.07) is 2.44. The molecule has 1 aromatic carbocycles. The Labute approximate surface area is 131 Å². The first-order chi connectivity index (χ1) is 10.0. The molecule has 1 heterocycles. The number of rotatable bonds is 6. The molecule has 0 radical (unpaired) electrons. The van der Waals surface area contributed by atoms with Gasteiger partial charge in [-0.05, 0) is 47.4 Å². The second-order valence-electron chi connectivity index (χ2n) is 5.00. The zero-order valence-corrected chi connectivity index (χ0v) is 13.6. The summed E-state index contributed by atoms with van der Waals surface area (Å²) < 4.78 is 30.1. The molecule has 2 rings (SSSR count). The van der Waals surface area contributed by atoms with Crippen LogP contribution in [0.5, 0.6) is 0 Å². The first kappa shape index (κ1) is 16.1. The van der Waals surface area contributed by atoms with Gasteiger partial charge in [-0.3, -0.25) is 0 Å². The molecule has 1 atom stereocenters. The molecule has 0 bridgehead atoms. The van der Waals surface area contributed by atoms with E-state index in [1.807, 2.05) is 24.7 Å². The van der Waals surface area contributed by atoms with Crippen molar-refractivity contribution in [3.63, 3.8) is 0 Å². The highest BCUT2D eigenvalue weighted by atomic mass is 79.9. The highest BCUT2D eigenvalue weighted by molar-refractivity contribution is 9.10. The smallest absolute Gasteiger partial charge is 0.143 e. The summed E-state index contributed by atoms with van der Waals surface area (Å²) in [6.07, 6.45) is 4.70. The molecule has 0 amide bonds. The largest absolute Gasteiger partial charge is 0.340 e. The molecule has 0 aliphatic carbocycles. The van der Waals surface area contributed by atoms with Crippen LogP contribution in [0.15, 0.2) is 29.1 Å². The molecule has 0 fully saturated rings. The lowest BCUT2D eigenvalue weighted by Crippen LogP contribution is -2.25. The third kappa shape index (κ3) is 3.89. The summed E-state index contributed by atoms with van der Waals surface area (Å²) in [5.74, 6) is -1.08. The van der Waals surface area contributed by atoms with Gasteiger partial charge in [0.05, 0.1) is 22.5 Å². The molecule has 2 aromatic rings. The fraction of sp³-hybridized carbons (Fsp3) is 0.400. The zero-order valence-electron chi connectivity index (χ0n) is 12.0. The van der Waals surface area contributed by atoms with Gasteiger partial charge < -0.3 is 9.88 Å². The van der Waals surface area contributed by atoms with Crippen LogP contribution in [0, 0.1) is 11.6 Å². The minimum Gasteiger partial charge on any atom is -0.340 e. The molecule has 3 nitrogen and oxygen atoms in total. The molecule has 1 N–H and O–H groups in total. The van der Waals surface area contributed by atoms with Crippen molar-refractivity contribution in [1.29, 1.82) is 0 Å². The van der Waals surface area contributed by atoms with Crippen LogP contribution in [0.25, 0.3) is 0 Å². The average Bonchev–Trinajstić information content (AvgIpc) is 2.89. The quantitative estimate of drug-likeness (QED) is 0.798. The highest BCUT2D eigenvalue weighted by Gasteiger charge is 2.20. The Bertz CT molecular complexity index is 613. The van der Waals surface area contributed by atoms with Crippen molar-refractivity contribution in [2.75, 3.05) is 6.54 Å². The fourth-order valence-electron chi connectivity index (χ4n) is 2.17. The molecule has 1 unspecified atom stereocenters. The molecule has 21 heavy (non-hydrogen) atoms. The van der Waals surface area contributed by atoms with Crippen molar-refractivity contribution in [3.8, 4) is 0 Å². The Morgan fingerprint density at radius 1 is 1.38 bits per heavy atom. The van der Waals surface area contributed by atoms with Crippen LogP contribution in [-0.4, -0.2) is 16.1 Å². The third-order valence-electron chi connectivity index (χ3n) is 3.27. The van der Waals surface area contributed by atoms with Crippen LogP contribution in [0.2, 0.25) is 0 Å². The molecular formula is C15H18BrF2N3. The molecule has 0 aliphatic rings. The van der Waals surface area contributed by atoms with Gasteiger partial charge in [-0.1, -0.05) is 6.92 Å². The number of aryl methyl sites for hydroxylation is 1. The lowest BCUT2D eigenvalue weighted by atomic mass is 10.0. The zero-order chi connectivity index (χ0) is 15.4. The maximum atomic E-state index is 14.1. The number of aromatic nitrogens is 2. The monoisotopic (exact) mass is 357 g/mol. The van der Waals surface area contributed by atoms with E-state index in [0.717, 1.165) is 18.7 Å². The first-order valence-corrected chi connectivity index (χ1v) is 7.65. The van der Waals surface area contributed by atoms with Gasteiger partial charge >= 0.3 is 0 Å². The number of benzene rings is 1. The molecule has 0 saturated carbocycles. The number of imidazole rings is 1. The summed E-state index contributed by atoms with van der Waals surface area (Å²) in [4.78, 5) is 4.29. The summed E-state index contributed by atoms with van der Waals surface area (Å²) in [7, 11) is 1.87. The van der Waals surface area contributed by atoms with E-state index in [4.69, 9.17) is 0 Å². The van der Waals surface area contributed by atoms with Crippen LogP contribution in [0.3, 0.4) is 0 Å². The van der Waals surface area contributed by atoms with E-state index < -0.39 is 11.6 Å². The van der Waals surface area contributed by atoms with E-state index in [1.54, 1.807) is 6.33 Å². The Balaban J connectivity index is 2.29. The van der Waals surface area contributed by atoms with E-state index in [9.17, 15) is 8.78 Å². The SMILES string of the molecule is CCCNC(Cc1c(F)ccc(Br)c1F)c1cn(C)cn1. The second-order valence-corrected chi connectivity index (χ2v) is 5.85. The van der Waals surface area contributed by atoms with Crippen LogP contribution >= 0.6 is 15.9 Å². The van der Waals surface area contributed by atoms with Crippen molar-refractivity contribution in [2.45, 2.75) is 25.8 Å². The normalized spacial score (nSPS) is 12.6. The van der Waals surface area contributed by atoms with Crippen molar-refractivity contribution in [1.82, 2.24) is 14.9 Å². The van der Waals surface area contributed by atoms with Crippen molar-refractivity contribution in [2.24, 2.45) is 7.05 Å². The average molecular weight is 358 g/mol. The standard InChI is InChI=1S/C15H18BrF2N3/c1-3-6-19-13(14-8-21(2)9-20-14)7-10-12(17)5-4-11(16)15(10)18/h4-5,8-9,13,19H,3,6-7H2,1-2H3. The number of halogens is 3. The van der Waals surface area contributed by atoms with Crippen LogP contribution in [0.1, 0.15) is 30.6 Å². The van der Waals surface area contributed by atoms with E-state index in [0.29, 0.717) is 0 Å². The summed E-state index contributed by atoms with van der Waals surface area (Å²) >= 11 is 3.10. The van der Waals surface area contributed by atoms with E-state index >= 15 is 0 Å². The topological polar surface area (TPSA) is 29.9 Å². The van der Waals surface area contributed by atoms with Gasteiger partial charge in [-0.15, -0.1) is 0 Å². The summed E-state index contributed by atoms with van der Waals surface area (Å²) in [6.45, 7) is 2.81. The van der Waals surface area contributed by atoms with Crippen molar-refractivity contribution < 1.29 is 8.78 Å². The molecule has 0 spiro atoms. The van der Waals surface area contributed by atoms with Gasteiger partial charge in [0.1, 0.15) is 11.6 Å². The summed E-state index contributed by atoms with van der Waals surface area (Å²) in [5.41, 5.74) is 0.855. The van der Waals surface area contributed by atoms with Gasteiger partial charge in [-0.25, -0.2) is 13.8 Å². The molecule has 1 aromatic heterocycles. The molecule has 114 valence electrons. The van der Waals surface area contributed by atoms with Crippen LogP contribution < -0.4 is 5.32 Å². The lowest BCUT2D eigenvalue weighted by molar-refractivity contribution is 0.482. The van der Waals surface area contributed by atoms with Gasteiger partial charge in [0.25, 0.3) is 0 Å². The van der Waals surface area contributed by atoms with Crippen molar-refractivity contribution >= 4 is 15.9 Å². The van der Waals surface area contributed by atoms with E-state index in [-0.39, 0.29) is 22.5 Å². The van der Waals surface area contributed by atoms with Gasteiger partial charge in [-0.2, -0.15) is 0 Å². The number of hydrogen-bond donors (Lipinski definition) is 1. The van der Waals surface area contributed by atoms with Gasteiger partial charge in [0.2, 0.25) is 0 Å². The Morgan fingerprint density at radius 2 is 2.14 bits per heavy atom. The Kier molecular flexibility index (Phi) is 5.47. The van der Waals surface area contributed by atoms with Gasteiger partial charge in [0.15, 0.2) is 0 Å². The molecule has 0 aliphatic heterocycles. The number of nitrogens with one attached hydrogen (secondary N) is 1. The maximum absolute atomic E-state index is 14.1. The van der Waals surface area contributed by atoms with Gasteiger partial charge in [0, 0.05) is 18.8 Å². The molecule has 6 heteroatoms. The summed E-state index contributed by atoms with van der Waals surface area (Å²) in [5, 5.41) is 3.30. The third-order valence-corrected chi connectivity index (χ3v) is 3.88. The predicted molar refractivity (Wildman–Crippen MR) is 82.0 cm³/mol. The first-order valence-electron chi connectivity index (χ1n) is 6.86. The molecule has 0 saturated heterocycles. The molecular weight excluding hydrogens is 340 g/mol. The number of hydrogen-bond acceptors (Lipinski definition) is 2. The fourth-order valence-corrected chi connectivity index (χ4v) is 2.54. The Morgan fingerprint density at radius 3 is 2.76 bits per heavy atom. The minimum absolute atomic E-state index is 0.0728. The van der Waals surface area contributed by atoms with Crippen molar-refractivity contribution in [3.05, 3.63) is 52.0 Å². The second kappa shape index (κ2) is 7.13. The minimum atomic E-state index is -0.547. The van der Waals surface area contributed by atoms with E-state index in [1.165, 1.54) is 12.1 Å². The van der Waals surface area contributed by atoms with Crippen LogP contribution in [0.4, 0.5) is 8.78 Å². The Hall–Kier alpha value is -1.27. The van der Waals surface area contributed by atoms with Crippen LogP contribution in [-0.2, 0) is 13.5 Å². The predicted octanol–water partition coefficient (Wildman–Crippen LogP) is 3.74.